The van der Waals surface area contributed by atoms with Crippen molar-refractivity contribution < 1.29 is 9.59 Å². The minimum atomic E-state index is -0.133. The number of aryl methyl sites for hydroxylation is 2. The molecule has 1 aliphatic rings. The van der Waals surface area contributed by atoms with E-state index in [0.717, 1.165) is 6.42 Å². The summed E-state index contributed by atoms with van der Waals surface area (Å²) in [5.74, 6) is -0.0435. The topological polar surface area (TPSA) is 75.5 Å². The first kappa shape index (κ1) is 16.6. The Morgan fingerprint density at radius 3 is 2.54 bits per heavy atom. The standard InChI is InChI=1S/C16H20N4O3S/c1-10-12-14(17-9-18(3)15(12)22)24-13(10)16(23)20-6-4-5-19(7-8-20)11(2)21/h9H,4-8H2,1-3H3. The molecule has 3 rings (SSSR count). The molecule has 3 heterocycles. The van der Waals surface area contributed by atoms with Crippen LogP contribution >= 0.6 is 11.3 Å². The maximum atomic E-state index is 12.9. The van der Waals surface area contributed by atoms with Crippen LogP contribution in [0.4, 0.5) is 0 Å². The minimum absolute atomic E-state index is 0.0371. The normalized spacial score (nSPS) is 15.6. The van der Waals surface area contributed by atoms with Crippen LogP contribution in [0.1, 0.15) is 28.6 Å². The Labute approximate surface area is 143 Å². The van der Waals surface area contributed by atoms with E-state index >= 15 is 0 Å². The number of hydrogen-bond donors (Lipinski definition) is 0. The SMILES string of the molecule is CC(=O)N1CCCN(C(=O)c2sc3ncn(C)c(=O)c3c2C)CC1. The van der Waals surface area contributed by atoms with Crippen molar-refractivity contribution in [1.82, 2.24) is 19.4 Å². The van der Waals surface area contributed by atoms with Gasteiger partial charge in [0.2, 0.25) is 5.91 Å². The fourth-order valence-corrected chi connectivity index (χ4v) is 4.10. The fraction of sp³-hybridized carbons (Fsp3) is 0.500. The van der Waals surface area contributed by atoms with Gasteiger partial charge < -0.3 is 14.4 Å². The summed E-state index contributed by atoms with van der Waals surface area (Å²) in [6.07, 6.45) is 2.24. The van der Waals surface area contributed by atoms with Crippen LogP contribution in [0.3, 0.4) is 0 Å². The molecule has 0 radical (unpaired) electrons. The van der Waals surface area contributed by atoms with Crippen molar-refractivity contribution in [3.63, 3.8) is 0 Å². The summed E-state index contributed by atoms with van der Waals surface area (Å²) >= 11 is 1.27. The van der Waals surface area contributed by atoms with Gasteiger partial charge in [0.25, 0.3) is 11.5 Å². The second-order valence-corrected chi connectivity index (χ2v) is 7.05. The Morgan fingerprint density at radius 2 is 1.83 bits per heavy atom. The zero-order valence-corrected chi connectivity index (χ0v) is 14.9. The molecule has 2 aromatic heterocycles. The van der Waals surface area contributed by atoms with Crippen LogP contribution in [-0.2, 0) is 11.8 Å². The predicted molar refractivity (Wildman–Crippen MR) is 92.4 cm³/mol. The van der Waals surface area contributed by atoms with Crippen LogP contribution in [0.5, 0.6) is 0 Å². The molecule has 0 aromatic carbocycles. The maximum absolute atomic E-state index is 12.9. The third-order valence-corrected chi connectivity index (χ3v) is 5.62. The number of carbonyl (C=O) groups excluding carboxylic acids is 2. The highest BCUT2D eigenvalue weighted by molar-refractivity contribution is 7.20. The zero-order valence-electron chi connectivity index (χ0n) is 14.0. The molecule has 0 aliphatic carbocycles. The van der Waals surface area contributed by atoms with Crippen LogP contribution in [0.15, 0.2) is 11.1 Å². The van der Waals surface area contributed by atoms with E-state index in [4.69, 9.17) is 0 Å². The first-order valence-corrected chi connectivity index (χ1v) is 8.71. The lowest BCUT2D eigenvalue weighted by molar-refractivity contribution is -0.128. The summed E-state index contributed by atoms with van der Waals surface area (Å²) < 4.78 is 1.42. The Balaban J connectivity index is 1.92. The molecular formula is C16H20N4O3S. The first-order chi connectivity index (χ1) is 11.4. The lowest BCUT2D eigenvalue weighted by atomic mass is 10.2. The number of fused-ring (bicyclic) bond motifs is 1. The average Bonchev–Trinajstić information content (AvgIpc) is 2.74. The van der Waals surface area contributed by atoms with Crippen molar-refractivity contribution in [2.24, 2.45) is 7.05 Å². The quantitative estimate of drug-likeness (QED) is 0.770. The smallest absolute Gasteiger partial charge is 0.264 e. The Morgan fingerprint density at radius 1 is 1.17 bits per heavy atom. The zero-order chi connectivity index (χ0) is 17.4. The molecule has 1 saturated heterocycles. The molecule has 0 bridgehead atoms. The van der Waals surface area contributed by atoms with Gasteiger partial charge in [0, 0.05) is 40.2 Å². The van der Waals surface area contributed by atoms with E-state index in [-0.39, 0.29) is 17.4 Å². The number of amides is 2. The van der Waals surface area contributed by atoms with Gasteiger partial charge in [-0.05, 0) is 18.9 Å². The largest absolute Gasteiger partial charge is 0.341 e. The van der Waals surface area contributed by atoms with Gasteiger partial charge >= 0.3 is 0 Å². The molecule has 8 heteroatoms. The molecule has 128 valence electrons. The molecule has 0 unspecified atom stereocenters. The second-order valence-electron chi connectivity index (χ2n) is 6.05. The molecule has 24 heavy (non-hydrogen) atoms. The van der Waals surface area contributed by atoms with E-state index in [0.29, 0.717) is 46.8 Å². The summed E-state index contributed by atoms with van der Waals surface area (Å²) in [6.45, 7) is 5.70. The first-order valence-electron chi connectivity index (χ1n) is 7.89. The number of nitrogens with zero attached hydrogens (tertiary/aromatic N) is 4. The molecule has 1 aliphatic heterocycles. The highest BCUT2D eigenvalue weighted by Crippen LogP contribution is 2.28. The Bertz CT molecular complexity index is 870. The van der Waals surface area contributed by atoms with Crippen molar-refractivity contribution >= 4 is 33.4 Å². The highest BCUT2D eigenvalue weighted by Gasteiger charge is 2.25. The van der Waals surface area contributed by atoms with Gasteiger partial charge in [0.15, 0.2) is 0 Å². The van der Waals surface area contributed by atoms with E-state index in [1.807, 2.05) is 0 Å². The summed E-state index contributed by atoms with van der Waals surface area (Å²) in [5, 5.41) is 0.522. The maximum Gasteiger partial charge on any atom is 0.264 e. The van der Waals surface area contributed by atoms with E-state index in [1.54, 1.807) is 30.7 Å². The summed E-state index contributed by atoms with van der Waals surface area (Å²) in [7, 11) is 1.65. The molecule has 2 amide bonds. The van der Waals surface area contributed by atoms with E-state index in [9.17, 15) is 14.4 Å². The molecule has 0 N–H and O–H groups in total. The lowest BCUT2D eigenvalue weighted by Crippen LogP contribution is -2.36. The molecule has 7 nitrogen and oxygen atoms in total. The van der Waals surface area contributed by atoms with E-state index < -0.39 is 0 Å². The molecule has 0 saturated carbocycles. The second kappa shape index (κ2) is 6.35. The lowest BCUT2D eigenvalue weighted by Gasteiger charge is -2.21. The minimum Gasteiger partial charge on any atom is -0.341 e. The molecule has 0 spiro atoms. The van der Waals surface area contributed by atoms with Gasteiger partial charge in [-0.15, -0.1) is 11.3 Å². The van der Waals surface area contributed by atoms with Crippen molar-refractivity contribution in [2.45, 2.75) is 20.3 Å². The van der Waals surface area contributed by atoms with Crippen molar-refractivity contribution in [3.05, 3.63) is 27.1 Å². The number of carbonyl (C=O) groups is 2. The number of rotatable bonds is 1. The average molecular weight is 348 g/mol. The van der Waals surface area contributed by atoms with Crippen molar-refractivity contribution in [2.75, 3.05) is 26.2 Å². The van der Waals surface area contributed by atoms with Gasteiger partial charge in [-0.1, -0.05) is 0 Å². The predicted octanol–water partition coefficient (Wildman–Crippen LogP) is 0.998. The highest BCUT2D eigenvalue weighted by atomic mass is 32.1. The number of aromatic nitrogens is 2. The van der Waals surface area contributed by atoms with E-state index in [1.165, 1.54) is 22.2 Å². The Hall–Kier alpha value is -2.22. The van der Waals surface area contributed by atoms with Crippen LogP contribution < -0.4 is 5.56 Å². The fourth-order valence-electron chi connectivity index (χ4n) is 2.99. The summed E-state index contributed by atoms with van der Waals surface area (Å²) in [6, 6.07) is 0. The van der Waals surface area contributed by atoms with Crippen LogP contribution in [0.2, 0.25) is 0 Å². The van der Waals surface area contributed by atoms with E-state index in [2.05, 4.69) is 4.98 Å². The molecular weight excluding hydrogens is 328 g/mol. The third kappa shape index (κ3) is 2.82. The van der Waals surface area contributed by atoms with Crippen LogP contribution in [0.25, 0.3) is 10.2 Å². The summed E-state index contributed by atoms with van der Waals surface area (Å²) in [5.41, 5.74) is 0.563. The molecule has 2 aromatic rings. The van der Waals surface area contributed by atoms with Crippen molar-refractivity contribution in [1.29, 1.82) is 0 Å². The monoisotopic (exact) mass is 348 g/mol. The van der Waals surface area contributed by atoms with Crippen LogP contribution in [-0.4, -0.2) is 57.3 Å². The van der Waals surface area contributed by atoms with Gasteiger partial charge in [0.1, 0.15) is 4.83 Å². The number of thiophene rings is 1. The van der Waals surface area contributed by atoms with Gasteiger partial charge in [0.05, 0.1) is 16.6 Å². The molecule has 1 fully saturated rings. The summed E-state index contributed by atoms with van der Waals surface area (Å²) in [4.78, 5) is 45.7. The third-order valence-electron chi connectivity index (χ3n) is 4.43. The van der Waals surface area contributed by atoms with Gasteiger partial charge in [-0.25, -0.2) is 4.98 Å². The number of hydrogen-bond acceptors (Lipinski definition) is 5. The van der Waals surface area contributed by atoms with Gasteiger partial charge in [-0.2, -0.15) is 0 Å². The van der Waals surface area contributed by atoms with Crippen LogP contribution in [0, 0.1) is 6.92 Å². The Kier molecular flexibility index (Phi) is 4.40. The molecule has 0 atom stereocenters. The van der Waals surface area contributed by atoms with Crippen molar-refractivity contribution in [3.8, 4) is 0 Å². The van der Waals surface area contributed by atoms with Gasteiger partial charge in [-0.3, -0.25) is 14.4 Å².